The van der Waals surface area contributed by atoms with Crippen molar-refractivity contribution >= 4 is 13.7 Å². The number of nitrogens with one attached hydrogen (secondary N) is 1. The van der Waals surface area contributed by atoms with Crippen LogP contribution in [0.3, 0.4) is 0 Å². The van der Waals surface area contributed by atoms with Crippen LogP contribution in [-0.4, -0.2) is 73.4 Å². The number of allylic oxidation sites excluding steroid dienone is 3. The van der Waals surface area contributed by atoms with Crippen LogP contribution >= 0.6 is 7.82 Å². The molecule has 0 saturated heterocycles. The van der Waals surface area contributed by atoms with Crippen LogP contribution in [0.5, 0.6) is 0 Å². The van der Waals surface area contributed by atoms with Gasteiger partial charge in [0.05, 0.1) is 39.9 Å². The van der Waals surface area contributed by atoms with Gasteiger partial charge in [-0.25, -0.2) is 4.57 Å². The van der Waals surface area contributed by atoms with Gasteiger partial charge in [-0.3, -0.25) is 13.8 Å². The molecule has 0 fully saturated rings. The molecule has 1 amide bonds. The zero-order valence-electron chi connectivity index (χ0n) is 46.8. The lowest BCUT2D eigenvalue weighted by Crippen LogP contribution is -2.45. The summed E-state index contributed by atoms with van der Waals surface area (Å²) in [6, 6.07) is -0.859. The number of aliphatic hydroxyl groups excluding tert-OH is 1. The third-order valence-electron chi connectivity index (χ3n) is 13.9. The smallest absolute Gasteiger partial charge is 0.387 e. The lowest BCUT2D eigenvalue weighted by Gasteiger charge is -2.25. The lowest BCUT2D eigenvalue weighted by molar-refractivity contribution is -0.870. The summed E-state index contributed by atoms with van der Waals surface area (Å²) < 4.78 is 23.7. The molecule has 3 N–H and O–H groups in total. The molecule has 0 aliphatic heterocycles. The quantitative estimate of drug-likeness (QED) is 0.0243. The highest BCUT2D eigenvalue weighted by Crippen LogP contribution is 2.43. The van der Waals surface area contributed by atoms with Crippen LogP contribution < -0.4 is 5.32 Å². The Bertz CT molecular complexity index is 1170. The van der Waals surface area contributed by atoms with Gasteiger partial charge in [0.1, 0.15) is 13.2 Å². The van der Waals surface area contributed by atoms with Crippen LogP contribution in [0.4, 0.5) is 0 Å². The number of hydrogen-bond acceptors (Lipinski definition) is 5. The summed E-state index contributed by atoms with van der Waals surface area (Å²) in [5.41, 5.74) is 0. The van der Waals surface area contributed by atoms with Crippen molar-refractivity contribution in [3.05, 3.63) is 24.3 Å². The maximum absolute atomic E-state index is 13.0. The van der Waals surface area contributed by atoms with Crippen LogP contribution in [0.15, 0.2) is 24.3 Å². The standard InChI is InChI=1S/C60H119N2O6P/c1-6-8-10-12-14-16-18-20-22-23-24-25-26-27-28-29-30-31-32-33-34-35-36-37-38-39-40-42-44-46-48-50-52-54-60(64)61-58(57-68-69(65,66)67-56-55-62(3,4)5)59(63)53-51-49-47-45-43-41-21-19-17-15-13-11-9-7-2/h43,45,51,53,58-59,63H,6-42,44,46-50,52,54-57H2,1-5H3,(H-,61,64,65,66)/p+1/b45-43+,53-51+. The van der Waals surface area contributed by atoms with Crippen molar-refractivity contribution in [1.82, 2.24) is 5.32 Å². The Morgan fingerprint density at radius 3 is 1.16 bits per heavy atom. The second-order valence-electron chi connectivity index (χ2n) is 22.1. The molecule has 0 aliphatic carbocycles. The Labute approximate surface area is 430 Å². The SMILES string of the molecule is CCCCCCCCCC/C=C/CC/C=C/C(O)C(COP(=O)(O)OCC[N+](C)(C)C)NC(=O)CCCCCCCCCCCCCCCCCCCCCCCCCCCCCCCCCCC. The Morgan fingerprint density at radius 2 is 0.797 bits per heavy atom. The minimum atomic E-state index is -4.35. The van der Waals surface area contributed by atoms with Crippen molar-refractivity contribution in [3.8, 4) is 0 Å². The molecular weight excluding hydrogens is 876 g/mol. The molecule has 9 heteroatoms. The largest absolute Gasteiger partial charge is 0.472 e. The molecule has 0 radical (unpaired) electrons. The number of quaternary nitrogens is 1. The van der Waals surface area contributed by atoms with Gasteiger partial charge in [0, 0.05) is 6.42 Å². The molecule has 0 aromatic carbocycles. The first kappa shape index (κ1) is 68.0. The summed E-state index contributed by atoms with van der Waals surface area (Å²) in [4.78, 5) is 23.3. The van der Waals surface area contributed by atoms with Crippen LogP contribution in [0.2, 0.25) is 0 Å². The summed E-state index contributed by atoms with van der Waals surface area (Å²) >= 11 is 0. The predicted octanol–water partition coefficient (Wildman–Crippen LogP) is 18.4. The fourth-order valence-corrected chi connectivity index (χ4v) is 9.92. The van der Waals surface area contributed by atoms with Gasteiger partial charge in [0.2, 0.25) is 5.91 Å². The molecule has 3 atom stereocenters. The number of phosphoric acid groups is 1. The first-order chi connectivity index (χ1) is 33.5. The van der Waals surface area contributed by atoms with Crippen molar-refractivity contribution in [2.75, 3.05) is 40.9 Å². The third-order valence-corrected chi connectivity index (χ3v) is 14.9. The number of carbonyl (C=O) groups excluding carboxylic acids is 1. The van der Waals surface area contributed by atoms with Crippen molar-refractivity contribution in [2.24, 2.45) is 0 Å². The van der Waals surface area contributed by atoms with Gasteiger partial charge >= 0.3 is 7.82 Å². The van der Waals surface area contributed by atoms with Gasteiger partial charge in [-0.05, 0) is 32.1 Å². The van der Waals surface area contributed by atoms with Gasteiger partial charge in [-0.1, -0.05) is 289 Å². The normalized spacial score (nSPS) is 14.0. The highest BCUT2D eigenvalue weighted by molar-refractivity contribution is 7.47. The molecule has 69 heavy (non-hydrogen) atoms. The third kappa shape index (κ3) is 54.6. The van der Waals surface area contributed by atoms with E-state index in [9.17, 15) is 19.4 Å². The maximum atomic E-state index is 13.0. The molecule has 3 unspecified atom stereocenters. The highest BCUT2D eigenvalue weighted by atomic mass is 31.2. The molecular formula is C60H120N2O6P+. The minimum Gasteiger partial charge on any atom is -0.387 e. The number of likely N-dealkylation sites (N-methyl/N-ethyl adjacent to an activating group) is 1. The van der Waals surface area contributed by atoms with Gasteiger partial charge in [-0.2, -0.15) is 0 Å². The van der Waals surface area contributed by atoms with Crippen LogP contribution in [0.25, 0.3) is 0 Å². The zero-order chi connectivity index (χ0) is 50.6. The van der Waals surface area contributed by atoms with Gasteiger partial charge in [0.15, 0.2) is 0 Å². The van der Waals surface area contributed by atoms with E-state index in [-0.39, 0.29) is 19.1 Å². The number of amides is 1. The Balaban J connectivity index is 3.98. The number of rotatable bonds is 56. The minimum absolute atomic E-state index is 0.0586. The van der Waals surface area contributed by atoms with Crippen molar-refractivity contribution in [3.63, 3.8) is 0 Å². The molecule has 0 saturated carbocycles. The highest BCUT2D eigenvalue weighted by Gasteiger charge is 2.27. The van der Waals surface area contributed by atoms with E-state index in [0.29, 0.717) is 17.4 Å². The van der Waals surface area contributed by atoms with Gasteiger partial charge < -0.3 is 19.8 Å². The zero-order valence-corrected chi connectivity index (χ0v) is 47.7. The Kier molecular flexibility index (Phi) is 51.1. The van der Waals surface area contributed by atoms with Crippen molar-refractivity contribution in [1.29, 1.82) is 0 Å². The molecule has 0 spiro atoms. The number of carbonyl (C=O) groups is 1. The van der Waals surface area contributed by atoms with E-state index < -0.39 is 20.0 Å². The first-order valence-electron chi connectivity index (χ1n) is 30.2. The van der Waals surface area contributed by atoms with E-state index in [1.807, 2.05) is 27.2 Å². The van der Waals surface area contributed by atoms with Crippen molar-refractivity contribution < 1.29 is 32.9 Å². The summed E-state index contributed by atoms with van der Waals surface area (Å²) in [6.07, 6.45) is 66.0. The van der Waals surface area contributed by atoms with E-state index in [4.69, 9.17) is 9.05 Å². The molecule has 0 aromatic heterocycles. The van der Waals surface area contributed by atoms with Crippen LogP contribution in [0, 0.1) is 0 Å². The second-order valence-corrected chi connectivity index (χ2v) is 23.5. The Morgan fingerprint density at radius 1 is 0.478 bits per heavy atom. The molecule has 8 nitrogen and oxygen atoms in total. The average molecular weight is 997 g/mol. The van der Waals surface area contributed by atoms with E-state index in [1.165, 1.54) is 244 Å². The summed E-state index contributed by atoms with van der Waals surface area (Å²) in [6.45, 7) is 4.82. The number of unbranched alkanes of at least 4 members (excludes halogenated alkanes) is 41. The van der Waals surface area contributed by atoms with Crippen LogP contribution in [0.1, 0.15) is 303 Å². The number of hydrogen-bond donors (Lipinski definition) is 3. The molecule has 410 valence electrons. The molecule has 0 rings (SSSR count). The summed E-state index contributed by atoms with van der Waals surface area (Å²) in [5.74, 6) is -0.181. The molecule has 0 aromatic rings. The van der Waals surface area contributed by atoms with Gasteiger partial charge in [0.25, 0.3) is 0 Å². The van der Waals surface area contributed by atoms with Crippen molar-refractivity contribution in [2.45, 2.75) is 315 Å². The number of aliphatic hydroxyl groups is 1. The fourth-order valence-electron chi connectivity index (χ4n) is 9.18. The van der Waals surface area contributed by atoms with E-state index in [2.05, 4.69) is 31.3 Å². The van der Waals surface area contributed by atoms with E-state index in [0.717, 1.165) is 38.5 Å². The fraction of sp³-hybridized carbons (Fsp3) is 0.917. The first-order valence-corrected chi connectivity index (χ1v) is 31.7. The number of nitrogens with zero attached hydrogens (tertiary/aromatic N) is 1. The molecule has 0 heterocycles. The average Bonchev–Trinajstić information content (AvgIpc) is 3.31. The maximum Gasteiger partial charge on any atom is 0.472 e. The lowest BCUT2D eigenvalue weighted by atomic mass is 10.0. The second kappa shape index (κ2) is 51.9. The van der Waals surface area contributed by atoms with Gasteiger partial charge in [-0.15, -0.1) is 0 Å². The molecule has 0 aliphatic rings. The molecule has 0 bridgehead atoms. The van der Waals surface area contributed by atoms with E-state index in [1.54, 1.807) is 6.08 Å². The predicted molar refractivity (Wildman–Crippen MR) is 300 cm³/mol. The monoisotopic (exact) mass is 996 g/mol. The summed E-state index contributed by atoms with van der Waals surface area (Å²) in [5, 5.41) is 13.9. The van der Waals surface area contributed by atoms with E-state index >= 15 is 0 Å². The summed E-state index contributed by atoms with van der Waals surface area (Å²) in [7, 11) is 1.57. The van der Waals surface area contributed by atoms with Crippen LogP contribution in [-0.2, 0) is 18.4 Å². The number of phosphoric ester groups is 1. The Hall–Kier alpha value is -1.02. The topological polar surface area (TPSA) is 105 Å².